The second kappa shape index (κ2) is 6.28. The molecule has 0 unspecified atom stereocenters. The molecule has 0 saturated carbocycles. The van der Waals surface area contributed by atoms with Crippen LogP contribution in [0.5, 0.6) is 5.75 Å². The van der Waals surface area contributed by atoms with E-state index in [1.807, 2.05) is 0 Å². The molecule has 0 fully saturated rings. The molecule has 21 heavy (non-hydrogen) atoms. The summed E-state index contributed by atoms with van der Waals surface area (Å²) in [6.45, 7) is -0.202. The molecular weight excluding hydrogens is 278 g/mol. The number of hydrogen-bond acceptors (Lipinski definition) is 6. The number of carbonyl (C=O) groups is 1. The average molecular weight is 289 g/mol. The van der Waals surface area contributed by atoms with E-state index in [2.05, 4.69) is 15.6 Å². The van der Waals surface area contributed by atoms with Crippen LogP contribution in [-0.2, 0) is 11.3 Å². The van der Waals surface area contributed by atoms with Crippen molar-refractivity contribution in [3.63, 3.8) is 0 Å². The van der Waals surface area contributed by atoms with E-state index in [9.17, 15) is 20.0 Å². The molecule has 0 aliphatic rings. The van der Waals surface area contributed by atoms with E-state index in [1.54, 1.807) is 18.2 Å². The Morgan fingerprint density at radius 2 is 2.29 bits per heavy atom. The summed E-state index contributed by atoms with van der Waals surface area (Å²) in [6, 6.07) is 6.50. The third-order valence-electron chi connectivity index (χ3n) is 2.47. The lowest BCUT2D eigenvalue weighted by Gasteiger charge is -2.00. The van der Waals surface area contributed by atoms with Crippen molar-refractivity contribution in [2.45, 2.75) is 6.54 Å². The fourth-order valence-electron chi connectivity index (χ4n) is 1.49. The number of nitro groups is 1. The number of aromatic nitrogens is 2. The Morgan fingerprint density at radius 1 is 1.52 bits per heavy atom. The van der Waals surface area contributed by atoms with Gasteiger partial charge < -0.3 is 5.11 Å². The van der Waals surface area contributed by atoms with Crippen LogP contribution in [0, 0.1) is 10.1 Å². The predicted molar refractivity (Wildman–Crippen MR) is 72.7 cm³/mol. The fourth-order valence-corrected chi connectivity index (χ4v) is 1.49. The van der Waals surface area contributed by atoms with Crippen molar-refractivity contribution in [1.82, 2.24) is 15.2 Å². The number of phenolic OH excluding ortho intramolecular Hbond substituents is 1. The van der Waals surface area contributed by atoms with Crippen molar-refractivity contribution in [2.75, 3.05) is 0 Å². The highest BCUT2D eigenvalue weighted by atomic mass is 16.6. The molecule has 0 atom stereocenters. The fraction of sp³-hybridized carbons (Fsp3) is 0.0833. The van der Waals surface area contributed by atoms with Gasteiger partial charge >= 0.3 is 5.69 Å². The summed E-state index contributed by atoms with van der Waals surface area (Å²) in [6.07, 6.45) is 3.49. The minimum absolute atomic E-state index is 0.0400. The van der Waals surface area contributed by atoms with Crippen LogP contribution in [0.15, 0.2) is 41.8 Å². The quantitative estimate of drug-likeness (QED) is 0.475. The molecule has 1 amide bonds. The van der Waals surface area contributed by atoms with E-state index in [-0.39, 0.29) is 18.0 Å². The molecule has 2 N–H and O–H groups in total. The second-order valence-electron chi connectivity index (χ2n) is 4.01. The van der Waals surface area contributed by atoms with Gasteiger partial charge in [-0.25, -0.2) is 5.43 Å². The van der Waals surface area contributed by atoms with Gasteiger partial charge in [-0.2, -0.15) is 10.2 Å². The van der Waals surface area contributed by atoms with Gasteiger partial charge in [0.1, 0.15) is 24.7 Å². The summed E-state index contributed by atoms with van der Waals surface area (Å²) >= 11 is 0. The number of rotatable bonds is 5. The maximum atomic E-state index is 11.5. The maximum absolute atomic E-state index is 11.5. The third-order valence-corrected chi connectivity index (χ3v) is 2.47. The number of hydrazone groups is 1. The zero-order valence-electron chi connectivity index (χ0n) is 10.7. The average Bonchev–Trinajstić information content (AvgIpc) is 2.89. The van der Waals surface area contributed by atoms with Crippen molar-refractivity contribution in [2.24, 2.45) is 5.10 Å². The number of amides is 1. The zero-order chi connectivity index (χ0) is 15.2. The lowest BCUT2D eigenvalue weighted by Crippen LogP contribution is -2.23. The molecule has 1 aromatic carbocycles. The van der Waals surface area contributed by atoms with Gasteiger partial charge in [-0.1, -0.05) is 12.1 Å². The number of aromatic hydroxyl groups is 1. The lowest BCUT2D eigenvalue weighted by atomic mass is 10.2. The smallest absolute Gasteiger partial charge is 0.307 e. The second-order valence-corrected chi connectivity index (χ2v) is 4.01. The molecule has 9 heteroatoms. The van der Waals surface area contributed by atoms with E-state index in [1.165, 1.54) is 12.3 Å². The van der Waals surface area contributed by atoms with Gasteiger partial charge in [0.25, 0.3) is 5.91 Å². The van der Waals surface area contributed by atoms with Gasteiger partial charge in [-0.05, 0) is 12.1 Å². The minimum Gasteiger partial charge on any atom is -0.507 e. The molecule has 0 saturated heterocycles. The van der Waals surface area contributed by atoms with Crippen LogP contribution in [0.3, 0.4) is 0 Å². The molecule has 108 valence electrons. The summed E-state index contributed by atoms with van der Waals surface area (Å²) in [7, 11) is 0. The Kier molecular flexibility index (Phi) is 4.24. The van der Waals surface area contributed by atoms with Crippen LogP contribution in [-0.4, -0.2) is 31.9 Å². The molecule has 1 aromatic heterocycles. The van der Waals surface area contributed by atoms with E-state index in [4.69, 9.17) is 0 Å². The van der Waals surface area contributed by atoms with Crippen LogP contribution in [0.25, 0.3) is 0 Å². The van der Waals surface area contributed by atoms with Crippen LogP contribution in [0.4, 0.5) is 5.69 Å². The molecule has 0 spiro atoms. The molecule has 9 nitrogen and oxygen atoms in total. The molecule has 1 heterocycles. The van der Waals surface area contributed by atoms with Crippen LogP contribution in [0.2, 0.25) is 0 Å². The molecule has 0 aliphatic carbocycles. The molecule has 0 bridgehead atoms. The van der Waals surface area contributed by atoms with Crippen molar-refractivity contribution in [3.8, 4) is 5.75 Å². The number of benzene rings is 1. The zero-order valence-corrected chi connectivity index (χ0v) is 10.7. The third kappa shape index (κ3) is 3.86. The Labute approximate surface area is 118 Å². The monoisotopic (exact) mass is 289 g/mol. The number of nitrogens with one attached hydrogen (secondary N) is 1. The number of phenols is 1. The Hall–Kier alpha value is -3.23. The summed E-state index contributed by atoms with van der Waals surface area (Å²) in [5.41, 5.74) is 2.49. The normalized spacial score (nSPS) is 10.7. The SMILES string of the molecule is O=C(Cn1cc([N+](=O)[O-])cn1)NN=Cc1ccccc1O. The first-order valence-electron chi connectivity index (χ1n) is 5.83. The van der Waals surface area contributed by atoms with E-state index in [0.29, 0.717) is 5.56 Å². The first-order chi connectivity index (χ1) is 10.1. The van der Waals surface area contributed by atoms with Crippen LogP contribution < -0.4 is 5.43 Å². The number of hydrogen-bond donors (Lipinski definition) is 2. The molecule has 0 radical (unpaired) electrons. The number of nitrogens with zero attached hydrogens (tertiary/aromatic N) is 4. The standard InChI is InChI=1S/C12H11N5O4/c18-11-4-2-1-3-9(11)5-13-15-12(19)8-16-7-10(6-14-16)17(20)21/h1-7,18H,8H2,(H,15,19). The summed E-state index contributed by atoms with van der Waals surface area (Å²) in [4.78, 5) is 21.4. The molecule has 2 rings (SSSR count). The Balaban J connectivity index is 1.90. The summed E-state index contributed by atoms with van der Waals surface area (Å²) in [5.74, 6) is -0.460. The first-order valence-corrected chi connectivity index (χ1v) is 5.83. The highest BCUT2D eigenvalue weighted by molar-refractivity contribution is 5.84. The van der Waals surface area contributed by atoms with E-state index >= 15 is 0 Å². The van der Waals surface area contributed by atoms with Gasteiger partial charge in [0.05, 0.1) is 11.1 Å². The summed E-state index contributed by atoms with van der Waals surface area (Å²) in [5, 5.41) is 27.3. The van der Waals surface area contributed by atoms with Gasteiger partial charge in [-0.3, -0.25) is 19.6 Å². The van der Waals surface area contributed by atoms with Crippen molar-refractivity contribution < 1.29 is 14.8 Å². The number of para-hydroxylation sites is 1. The molecule has 2 aromatic rings. The van der Waals surface area contributed by atoms with Gasteiger partial charge in [0.15, 0.2) is 0 Å². The predicted octanol–water partition coefficient (Wildman–Crippen LogP) is 0.647. The highest BCUT2D eigenvalue weighted by Crippen LogP contribution is 2.12. The minimum atomic E-state index is -0.599. The van der Waals surface area contributed by atoms with Crippen molar-refractivity contribution in [1.29, 1.82) is 0 Å². The van der Waals surface area contributed by atoms with Crippen LogP contribution >= 0.6 is 0 Å². The summed E-state index contributed by atoms with van der Waals surface area (Å²) < 4.78 is 1.13. The Morgan fingerprint density at radius 3 is 2.95 bits per heavy atom. The van der Waals surface area contributed by atoms with Crippen LogP contribution in [0.1, 0.15) is 5.56 Å². The molecule has 0 aliphatic heterocycles. The largest absolute Gasteiger partial charge is 0.507 e. The number of carbonyl (C=O) groups excluding carboxylic acids is 1. The first kappa shape index (κ1) is 14.2. The van der Waals surface area contributed by atoms with E-state index < -0.39 is 10.8 Å². The maximum Gasteiger partial charge on any atom is 0.307 e. The highest BCUT2D eigenvalue weighted by Gasteiger charge is 2.10. The van der Waals surface area contributed by atoms with E-state index in [0.717, 1.165) is 17.1 Å². The lowest BCUT2D eigenvalue weighted by molar-refractivity contribution is -0.385. The van der Waals surface area contributed by atoms with Gasteiger partial charge in [0.2, 0.25) is 0 Å². The molecular formula is C12H11N5O4. The van der Waals surface area contributed by atoms with Crippen molar-refractivity contribution >= 4 is 17.8 Å². The van der Waals surface area contributed by atoms with Crippen molar-refractivity contribution in [3.05, 3.63) is 52.3 Å². The van der Waals surface area contributed by atoms with Gasteiger partial charge in [0, 0.05) is 5.56 Å². The Bertz CT molecular complexity index is 694. The van der Waals surface area contributed by atoms with Gasteiger partial charge in [-0.15, -0.1) is 0 Å². The topological polar surface area (TPSA) is 123 Å².